The van der Waals surface area contributed by atoms with Crippen LogP contribution in [-0.4, -0.2) is 32.1 Å². The van der Waals surface area contributed by atoms with E-state index >= 15 is 0 Å². The third-order valence-electron chi connectivity index (χ3n) is 3.34. The summed E-state index contributed by atoms with van der Waals surface area (Å²) in [6.07, 6.45) is 1.75. The number of hydrogen-bond acceptors (Lipinski definition) is 3. The van der Waals surface area contributed by atoms with Crippen molar-refractivity contribution in [2.75, 3.05) is 26.0 Å². The first-order valence-electron chi connectivity index (χ1n) is 7.40. The van der Waals surface area contributed by atoms with Crippen LogP contribution in [0.2, 0.25) is 0 Å². The first-order valence-corrected chi connectivity index (χ1v) is 7.40. The first kappa shape index (κ1) is 20.1. The van der Waals surface area contributed by atoms with Crippen molar-refractivity contribution < 1.29 is 4.39 Å². The van der Waals surface area contributed by atoms with E-state index in [0.29, 0.717) is 24.7 Å². The van der Waals surface area contributed by atoms with E-state index in [4.69, 9.17) is 0 Å². The van der Waals surface area contributed by atoms with E-state index in [1.54, 1.807) is 24.2 Å². The highest BCUT2D eigenvalue weighted by atomic mass is 127. The van der Waals surface area contributed by atoms with E-state index in [2.05, 4.69) is 20.6 Å². The summed E-state index contributed by atoms with van der Waals surface area (Å²) in [5.41, 5.74) is 2.36. The summed E-state index contributed by atoms with van der Waals surface area (Å²) in [4.78, 5) is 10.1. The zero-order chi connectivity index (χ0) is 16.7. The van der Waals surface area contributed by atoms with Crippen LogP contribution in [0.25, 0.3) is 0 Å². The first-order chi connectivity index (χ1) is 11.1. The lowest BCUT2D eigenvalue weighted by atomic mass is 10.2. The molecule has 24 heavy (non-hydrogen) atoms. The van der Waals surface area contributed by atoms with Crippen LogP contribution >= 0.6 is 24.0 Å². The Bertz CT molecular complexity index is 661. The summed E-state index contributed by atoms with van der Waals surface area (Å²) in [6.45, 7) is 1.07. The second kappa shape index (κ2) is 10.1. The van der Waals surface area contributed by atoms with Gasteiger partial charge in [-0.3, -0.25) is 9.98 Å². The molecule has 5 nitrogen and oxygen atoms in total. The minimum absolute atomic E-state index is 0. The van der Waals surface area contributed by atoms with E-state index in [1.807, 2.05) is 38.4 Å². The Labute approximate surface area is 159 Å². The molecular weight excluding hydrogens is 420 g/mol. The Hall–Kier alpha value is -1.90. The average molecular weight is 443 g/mol. The SMILES string of the molecule is CN=C(NCc1ccc(N(C)C)c(F)c1)NCc1ccccn1.I. The number of nitrogens with zero attached hydrogens (tertiary/aromatic N) is 3. The molecule has 1 aromatic carbocycles. The van der Waals surface area contributed by atoms with Gasteiger partial charge < -0.3 is 15.5 Å². The molecular formula is C17H23FIN5. The van der Waals surface area contributed by atoms with Crippen molar-refractivity contribution in [1.29, 1.82) is 0 Å². The zero-order valence-corrected chi connectivity index (χ0v) is 16.4. The Morgan fingerprint density at radius 3 is 2.50 bits per heavy atom. The highest BCUT2D eigenvalue weighted by molar-refractivity contribution is 14.0. The van der Waals surface area contributed by atoms with Gasteiger partial charge in [0.05, 0.1) is 17.9 Å². The fourth-order valence-electron chi connectivity index (χ4n) is 2.11. The molecule has 2 N–H and O–H groups in total. The molecule has 130 valence electrons. The van der Waals surface area contributed by atoms with Crippen LogP contribution in [-0.2, 0) is 13.1 Å². The minimum atomic E-state index is -0.231. The fourth-order valence-corrected chi connectivity index (χ4v) is 2.11. The Morgan fingerprint density at radius 2 is 1.92 bits per heavy atom. The highest BCUT2D eigenvalue weighted by Crippen LogP contribution is 2.18. The number of nitrogens with one attached hydrogen (secondary N) is 2. The molecule has 0 saturated carbocycles. The molecule has 0 fully saturated rings. The molecule has 0 aliphatic heterocycles. The zero-order valence-electron chi connectivity index (χ0n) is 14.1. The van der Waals surface area contributed by atoms with Gasteiger partial charge >= 0.3 is 0 Å². The molecule has 2 aromatic rings. The number of hydrogen-bond donors (Lipinski definition) is 2. The van der Waals surface area contributed by atoms with Crippen LogP contribution < -0.4 is 15.5 Å². The van der Waals surface area contributed by atoms with Crippen molar-refractivity contribution in [1.82, 2.24) is 15.6 Å². The molecule has 7 heteroatoms. The van der Waals surface area contributed by atoms with Gasteiger partial charge in [-0.05, 0) is 29.8 Å². The van der Waals surface area contributed by atoms with Crippen LogP contribution in [0.5, 0.6) is 0 Å². The van der Waals surface area contributed by atoms with Gasteiger partial charge in [-0.25, -0.2) is 4.39 Å². The quantitative estimate of drug-likeness (QED) is 0.424. The molecule has 0 saturated heterocycles. The second-order valence-electron chi connectivity index (χ2n) is 5.28. The van der Waals surface area contributed by atoms with E-state index in [-0.39, 0.29) is 29.8 Å². The van der Waals surface area contributed by atoms with Crippen molar-refractivity contribution in [3.8, 4) is 0 Å². The normalized spacial score (nSPS) is 10.8. The van der Waals surface area contributed by atoms with Gasteiger partial charge in [0.1, 0.15) is 5.82 Å². The summed E-state index contributed by atoms with van der Waals surface area (Å²) in [7, 11) is 5.34. The molecule has 0 amide bonds. The van der Waals surface area contributed by atoms with Crippen molar-refractivity contribution in [2.45, 2.75) is 13.1 Å². The fraction of sp³-hybridized carbons (Fsp3) is 0.294. The maximum Gasteiger partial charge on any atom is 0.191 e. The summed E-state index contributed by atoms with van der Waals surface area (Å²) < 4.78 is 14.0. The number of halogens is 2. The maximum atomic E-state index is 14.0. The molecule has 0 bridgehead atoms. The molecule has 1 aromatic heterocycles. The lowest BCUT2D eigenvalue weighted by Gasteiger charge is -2.15. The highest BCUT2D eigenvalue weighted by Gasteiger charge is 2.06. The maximum absolute atomic E-state index is 14.0. The average Bonchev–Trinajstić information content (AvgIpc) is 2.55. The molecule has 0 radical (unpaired) electrons. The molecule has 1 heterocycles. The van der Waals surface area contributed by atoms with E-state index in [9.17, 15) is 4.39 Å². The van der Waals surface area contributed by atoms with Crippen LogP contribution in [0.1, 0.15) is 11.3 Å². The summed E-state index contributed by atoms with van der Waals surface area (Å²) >= 11 is 0. The topological polar surface area (TPSA) is 52.6 Å². The van der Waals surface area contributed by atoms with Crippen molar-refractivity contribution in [2.24, 2.45) is 4.99 Å². The molecule has 0 spiro atoms. The number of pyridine rings is 1. The van der Waals surface area contributed by atoms with Crippen LogP contribution in [0.4, 0.5) is 10.1 Å². The largest absolute Gasteiger partial charge is 0.375 e. The van der Waals surface area contributed by atoms with E-state index in [0.717, 1.165) is 11.3 Å². The molecule has 0 unspecified atom stereocenters. The summed E-state index contributed by atoms with van der Waals surface area (Å²) in [5, 5.41) is 6.34. The summed E-state index contributed by atoms with van der Waals surface area (Å²) in [6, 6.07) is 11.0. The number of guanidine groups is 1. The van der Waals surface area contributed by atoms with Crippen molar-refractivity contribution >= 4 is 35.6 Å². The van der Waals surface area contributed by atoms with Crippen molar-refractivity contribution in [3.05, 3.63) is 59.7 Å². The lowest BCUT2D eigenvalue weighted by molar-refractivity contribution is 0.623. The van der Waals surface area contributed by atoms with Crippen LogP contribution in [0, 0.1) is 5.82 Å². The van der Waals surface area contributed by atoms with Gasteiger partial charge in [-0.1, -0.05) is 12.1 Å². The summed E-state index contributed by atoms with van der Waals surface area (Å²) in [5.74, 6) is 0.415. The van der Waals surface area contributed by atoms with Gasteiger partial charge in [0, 0.05) is 33.9 Å². The predicted octanol–water partition coefficient (Wildman–Crippen LogP) is 2.77. The van der Waals surface area contributed by atoms with E-state index < -0.39 is 0 Å². The Balaban J connectivity index is 0.00000288. The number of anilines is 1. The predicted molar refractivity (Wildman–Crippen MR) is 107 cm³/mol. The standard InChI is InChI=1S/C17H22FN5.HI/c1-19-17(22-12-14-6-4-5-9-20-14)21-11-13-7-8-16(23(2)3)15(18)10-13;/h4-10H,11-12H2,1-3H3,(H2,19,21,22);1H. The Morgan fingerprint density at radius 1 is 1.17 bits per heavy atom. The molecule has 0 aliphatic carbocycles. The van der Waals surface area contributed by atoms with Gasteiger partial charge in [0.25, 0.3) is 0 Å². The minimum Gasteiger partial charge on any atom is -0.375 e. The van der Waals surface area contributed by atoms with Gasteiger partial charge in [0.2, 0.25) is 0 Å². The van der Waals surface area contributed by atoms with Gasteiger partial charge in [-0.15, -0.1) is 24.0 Å². The molecule has 0 aliphatic rings. The number of aliphatic imine (C=N–C) groups is 1. The third-order valence-corrected chi connectivity index (χ3v) is 3.34. The second-order valence-corrected chi connectivity index (χ2v) is 5.28. The Kier molecular flexibility index (Phi) is 8.45. The third kappa shape index (κ3) is 5.95. The molecule has 2 rings (SSSR count). The van der Waals surface area contributed by atoms with Crippen LogP contribution in [0.15, 0.2) is 47.6 Å². The number of benzene rings is 1. The van der Waals surface area contributed by atoms with Crippen LogP contribution in [0.3, 0.4) is 0 Å². The lowest BCUT2D eigenvalue weighted by Crippen LogP contribution is -2.36. The smallest absolute Gasteiger partial charge is 0.191 e. The number of rotatable bonds is 5. The van der Waals surface area contributed by atoms with Gasteiger partial charge in [0.15, 0.2) is 5.96 Å². The monoisotopic (exact) mass is 443 g/mol. The molecule has 0 atom stereocenters. The van der Waals surface area contributed by atoms with Crippen molar-refractivity contribution in [3.63, 3.8) is 0 Å². The number of aromatic nitrogens is 1. The van der Waals surface area contributed by atoms with Gasteiger partial charge in [-0.2, -0.15) is 0 Å². The van der Waals surface area contributed by atoms with E-state index in [1.165, 1.54) is 6.07 Å².